The van der Waals surface area contributed by atoms with Crippen LogP contribution in [0, 0.1) is 0 Å². The van der Waals surface area contributed by atoms with Crippen LogP contribution in [-0.2, 0) is 11.8 Å². The number of nitrogens with zero attached hydrogens (tertiary/aromatic N) is 2. The molecule has 0 saturated carbocycles. The minimum Gasteiger partial charge on any atom is -0.372 e. The van der Waals surface area contributed by atoms with Crippen LogP contribution >= 0.6 is 0 Å². The van der Waals surface area contributed by atoms with Gasteiger partial charge in [-0.1, -0.05) is 60.7 Å². The molecule has 3 aromatic rings. The average Bonchev–Trinajstić information content (AvgIpc) is 2.84. The molecule has 0 saturated heterocycles. The SMILES string of the molecule is CN1C=C/C(=C\C=C2C=C(/C=C/c3cc[n+](C)c4ccccc34)COC\2)c2ccccc21. The number of aromatic nitrogens is 1. The van der Waals surface area contributed by atoms with Crippen molar-refractivity contribution in [1.82, 2.24) is 0 Å². The first-order chi connectivity index (χ1) is 15.7. The van der Waals surface area contributed by atoms with E-state index in [1.165, 1.54) is 44.4 Å². The lowest BCUT2D eigenvalue weighted by Gasteiger charge is -2.23. The van der Waals surface area contributed by atoms with E-state index in [-0.39, 0.29) is 0 Å². The van der Waals surface area contributed by atoms with Crippen LogP contribution in [0.4, 0.5) is 5.69 Å². The molecule has 0 N–H and O–H groups in total. The van der Waals surface area contributed by atoms with E-state index in [1.54, 1.807) is 0 Å². The summed E-state index contributed by atoms with van der Waals surface area (Å²) in [5.41, 5.74) is 8.48. The maximum absolute atomic E-state index is 5.87. The molecule has 0 amide bonds. The second-order valence-electron chi connectivity index (χ2n) is 8.25. The fraction of sp³-hybridized carbons (Fsp3) is 0.138. The molecule has 2 aromatic carbocycles. The third-order valence-electron chi connectivity index (χ3n) is 6.01. The Labute approximate surface area is 189 Å². The van der Waals surface area contributed by atoms with E-state index in [2.05, 4.69) is 127 Å². The Morgan fingerprint density at radius 3 is 2.72 bits per heavy atom. The molecule has 0 fully saturated rings. The van der Waals surface area contributed by atoms with Crippen LogP contribution in [0.3, 0.4) is 0 Å². The molecule has 0 radical (unpaired) electrons. The molecule has 2 aliphatic rings. The van der Waals surface area contributed by atoms with Gasteiger partial charge in [-0.05, 0) is 40.5 Å². The number of anilines is 1. The quantitative estimate of drug-likeness (QED) is 0.513. The number of hydrogen-bond donors (Lipinski definition) is 0. The van der Waals surface area contributed by atoms with E-state index >= 15 is 0 Å². The summed E-state index contributed by atoms with van der Waals surface area (Å²) in [6.07, 6.45) is 17.3. The molecule has 0 spiro atoms. The van der Waals surface area contributed by atoms with Crippen molar-refractivity contribution >= 4 is 28.2 Å². The van der Waals surface area contributed by atoms with Crippen molar-refractivity contribution in [2.75, 3.05) is 25.2 Å². The van der Waals surface area contributed by atoms with Crippen LogP contribution in [-0.4, -0.2) is 20.3 Å². The molecule has 2 aliphatic heterocycles. The minimum absolute atomic E-state index is 0.635. The Morgan fingerprint density at radius 2 is 1.78 bits per heavy atom. The van der Waals surface area contributed by atoms with Crippen LogP contribution < -0.4 is 9.47 Å². The van der Waals surface area contributed by atoms with Crippen molar-refractivity contribution in [3.8, 4) is 0 Å². The lowest BCUT2D eigenvalue weighted by molar-refractivity contribution is -0.644. The van der Waals surface area contributed by atoms with Crippen molar-refractivity contribution in [2.45, 2.75) is 0 Å². The topological polar surface area (TPSA) is 16.4 Å². The molecule has 5 rings (SSSR count). The summed E-state index contributed by atoms with van der Waals surface area (Å²) in [6, 6.07) is 19.1. The lowest BCUT2D eigenvalue weighted by atomic mass is 9.99. The maximum Gasteiger partial charge on any atom is 0.212 e. The summed E-state index contributed by atoms with van der Waals surface area (Å²) in [5, 5.41) is 1.25. The van der Waals surface area contributed by atoms with Gasteiger partial charge < -0.3 is 9.64 Å². The zero-order valence-electron chi connectivity index (χ0n) is 18.5. The van der Waals surface area contributed by atoms with Crippen molar-refractivity contribution < 1.29 is 9.30 Å². The first-order valence-corrected chi connectivity index (χ1v) is 10.9. The van der Waals surface area contributed by atoms with Gasteiger partial charge in [0.1, 0.15) is 7.05 Å². The number of fused-ring (bicyclic) bond motifs is 2. The Morgan fingerprint density at radius 1 is 0.938 bits per heavy atom. The van der Waals surface area contributed by atoms with Crippen LogP contribution in [0.15, 0.2) is 109 Å². The summed E-state index contributed by atoms with van der Waals surface area (Å²) in [5.74, 6) is 0. The van der Waals surface area contributed by atoms with Gasteiger partial charge in [0.15, 0.2) is 6.20 Å². The molecule has 0 atom stereocenters. The molecule has 3 heteroatoms. The molecule has 32 heavy (non-hydrogen) atoms. The first-order valence-electron chi connectivity index (χ1n) is 10.9. The molecular weight excluding hydrogens is 392 g/mol. The van der Waals surface area contributed by atoms with Gasteiger partial charge in [-0.15, -0.1) is 0 Å². The van der Waals surface area contributed by atoms with Gasteiger partial charge in [0, 0.05) is 36.6 Å². The fourth-order valence-corrected chi connectivity index (χ4v) is 4.26. The predicted octanol–water partition coefficient (Wildman–Crippen LogP) is 5.61. The van der Waals surface area contributed by atoms with Crippen molar-refractivity contribution in [1.29, 1.82) is 0 Å². The number of hydrogen-bond acceptors (Lipinski definition) is 2. The largest absolute Gasteiger partial charge is 0.372 e. The highest BCUT2D eigenvalue weighted by Gasteiger charge is 2.12. The highest BCUT2D eigenvalue weighted by atomic mass is 16.5. The molecule has 0 unspecified atom stereocenters. The highest BCUT2D eigenvalue weighted by molar-refractivity contribution is 5.87. The Bertz CT molecular complexity index is 1320. The number of ether oxygens (including phenoxy) is 1. The Hall–Kier alpha value is -3.69. The summed E-state index contributed by atoms with van der Waals surface area (Å²) >= 11 is 0. The van der Waals surface area contributed by atoms with Crippen LogP contribution in [0.25, 0.3) is 22.6 Å². The molecule has 0 bridgehead atoms. The smallest absolute Gasteiger partial charge is 0.212 e. The van der Waals surface area contributed by atoms with Gasteiger partial charge >= 0.3 is 0 Å². The van der Waals surface area contributed by atoms with Gasteiger partial charge in [0.2, 0.25) is 5.52 Å². The second-order valence-corrected chi connectivity index (χ2v) is 8.25. The third-order valence-corrected chi connectivity index (χ3v) is 6.01. The van der Waals surface area contributed by atoms with Gasteiger partial charge in [0.25, 0.3) is 0 Å². The summed E-state index contributed by atoms with van der Waals surface area (Å²) < 4.78 is 8.02. The Kier molecular flexibility index (Phi) is 5.57. The highest BCUT2D eigenvalue weighted by Crippen LogP contribution is 2.31. The Balaban J connectivity index is 1.41. The summed E-state index contributed by atoms with van der Waals surface area (Å²) in [6.45, 7) is 1.27. The number of benzene rings is 2. The van der Waals surface area contributed by atoms with Crippen molar-refractivity contribution in [3.05, 3.63) is 120 Å². The molecule has 3 heterocycles. The molecular formula is C29H27N2O+. The molecule has 1 aromatic heterocycles. The number of aryl methyl sites for hydroxylation is 1. The third kappa shape index (κ3) is 4.08. The van der Waals surface area contributed by atoms with Gasteiger partial charge in [-0.2, -0.15) is 0 Å². The second kappa shape index (κ2) is 8.81. The number of para-hydroxylation sites is 2. The van der Waals surface area contributed by atoms with Gasteiger partial charge in [-0.3, -0.25) is 0 Å². The number of pyridine rings is 1. The standard InChI is InChI=1S/C29H27N2O/c1-30-17-15-24(26-7-3-5-9-28(26)30)13-11-22-19-23(21-32-20-22)12-14-25-16-18-31(2)29-10-6-4-8-27(25)29/h3-19H,20-21H2,1-2H3/q+1. The summed E-state index contributed by atoms with van der Waals surface area (Å²) in [4.78, 5) is 2.15. The van der Waals surface area contributed by atoms with Crippen LogP contribution in [0.2, 0.25) is 0 Å². The maximum atomic E-state index is 5.87. The molecule has 3 nitrogen and oxygen atoms in total. The zero-order chi connectivity index (χ0) is 21.9. The van der Waals surface area contributed by atoms with Crippen molar-refractivity contribution in [3.63, 3.8) is 0 Å². The zero-order valence-corrected chi connectivity index (χ0v) is 18.5. The van der Waals surface area contributed by atoms with E-state index in [1.807, 2.05) is 0 Å². The first kappa shape index (κ1) is 20.2. The fourth-order valence-electron chi connectivity index (χ4n) is 4.26. The molecule has 158 valence electrons. The average molecular weight is 420 g/mol. The van der Waals surface area contributed by atoms with Crippen LogP contribution in [0.5, 0.6) is 0 Å². The van der Waals surface area contributed by atoms with Crippen LogP contribution in [0.1, 0.15) is 11.1 Å². The summed E-state index contributed by atoms with van der Waals surface area (Å²) in [7, 11) is 4.16. The number of rotatable bonds is 3. The van der Waals surface area contributed by atoms with Gasteiger partial charge in [0.05, 0.1) is 18.6 Å². The van der Waals surface area contributed by atoms with E-state index in [0.29, 0.717) is 13.2 Å². The van der Waals surface area contributed by atoms with E-state index in [4.69, 9.17) is 4.74 Å². The van der Waals surface area contributed by atoms with E-state index in [0.717, 1.165) is 0 Å². The van der Waals surface area contributed by atoms with Crippen molar-refractivity contribution in [2.24, 2.45) is 7.05 Å². The van der Waals surface area contributed by atoms with E-state index in [9.17, 15) is 0 Å². The predicted molar refractivity (Wildman–Crippen MR) is 133 cm³/mol. The molecule has 0 aliphatic carbocycles. The van der Waals surface area contributed by atoms with Gasteiger partial charge in [-0.25, -0.2) is 4.57 Å². The number of allylic oxidation sites excluding steroid dienone is 4. The normalized spacial score (nSPS) is 18.6. The monoisotopic (exact) mass is 419 g/mol. The minimum atomic E-state index is 0.635. The van der Waals surface area contributed by atoms with E-state index < -0.39 is 0 Å². The lowest BCUT2D eigenvalue weighted by Crippen LogP contribution is -2.28.